The van der Waals surface area contributed by atoms with E-state index in [0.29, 0.717) is 17.7 Å². The molecule has 2 N–H and O–H groups in total. The van der Waals surface area contributed by atoms with Crippen molar-refractivity contribution in [1.29, 1.82) is 0 Å². The van der Waals surface area contributed by atoms with Crippen LogP contribution in [0.2, 0.25) is 0 Å². The number of phenols is 1. The number of rotatable bonds is 12. The Balaban J connectivity index is 2.45. The Morgan fingerprint density at radius 1 is 1.23 bits per heavy atom. The van der Waals surface area contributed by atoms with Crippen molar-refractivity contribution in [1.82, 2.24) is 4.98 Å². The first-order chi connectivity index (χ1) is 14.7. The lowest BCUT2D eigenvalue weighted by Crippen LogP contribution is -2.30. The van der Waals surface area contributed by atoms with E-state index in [1.807, 2.05) is 33.8 Å². The van der Waals surface area contributed by atoms with Gasteiger partial charge in [-0.05, 0) is 50.8 Å². The Labute approximate surface area is 185 Å². The zero-order valence-electron chi connectivity index (χ0n) is 19.3. The van der Waals surface area contributed by atoms with Crippen LogP contribution in [0.4, 0.5) is 5.69 Å². The molecule has 1 aromatic carbocycles. The van der Waals surface area contributed by atoms with Crippen molar-refractivity contribution in [2.75, 3.05) is 12.4 Å². The second-order valence-electron chi connectivity index (χ2n) is 8.10. The summed E-state index contributed by atoms with van der Waals surface area (Å²) in [5.41, 5.74) is 1.41. The zero-order chi connectivity index (χ0) is 23.0. The Morgan fingerprint density at radius 3 is 2.52 bits per heavy atom. The quantitative estimate of drug-likeness (QED) is 0.371. The maximum absolute atomic E-state index is 14.1. The summed E-state index contributed by atoms with van der Waals surface area (Å²) >= 11 is 0. The van der Waals surface area contributed by atoms with Gasteiger partial charge in [0.15, 0.2) is 11.5 Å². The number of ether oxygens (including phenoxy) is 1. The maximum atomic E-state index is 14.1. The number of anilines is 1. The van der Waals surface area contributed by atoms with Crippen molar-refractivity contribution in [2.45, 2.75) is 65.8 Å². The van der Waals surface area contributed by atoms with Crippen LogP contribution in [0.3, 0.4) is 0 Å². The van der Waals surface area contributed by atoms with Gasteiger partial charge in [0.25, 0.3) is 0 Å². The van der Waals surface area contributed by atoms with E-state index in [-0.39, 0.29) is 23.5 Å². The number of nitrogens with one attached hydrogen (secondary N) is 1. The molecule has 0 aliphatic heterocycles. The number of methoxy groups -OCH3 is 1. The summed E-state index contributed by atoms with van der Waals surface area (Å²) in [6.07, 6.45) is 5.57. The number of aryl methyl sites for hydroxylation is 1. The lowest BCUT2D eigenvalue weighted by Gasteiger charge is -2.32. The molecule has 2 unspecified atom stereocenters. The third-order valence-corrected chi connectivity index (χ3v) is 7.27. The van der Waals surface area contributed by atoms with E-state index in [9.17, 15) is 9.67 Å². The molecule has 31 heavy (non-hydrogen) atoms. The third kappa shape index (κ3) is 6.88. The minimum absolute atomic E-state index is 0.0663. The molecule has 1 heterocycles. The third-order valence-electron chi connectivity index (χ3n) is 4.69. The SMILES string of the molecule is CCCCc1cc(OP(=O)(OC(C)C)C(Nc2cccnc2)C(C)C)cc(OC)c1O. The molecule has 0 amide bonds. The number of aromatic hydroxyl groups is 1. The summed E-state index contributed by atoms with van der Waals surface area (Å²) in [6.45, 7) is 9.63. The van der Waals surface area contributed by atoms with Crippen LogP contribution >= 0.6 is 7.60 Å². The van der Waals surface area contributed by atoms with Crippen LogP contribution in [-0.4, -0.2) is 29.1 Å². The summed E-state index contributed by atoms with van der Waals surface area (Å²) in [4.78, 5) is 4.12. The lowest BCUT2D eigenvalue weighted by atomic mass is 10.1. The Bertz CT molecular complexity index is 874. The van der Waals surface area contributed by atoms with Gasteiger partial charge >= 0.3 is 7.60 Å². The molecule has 0 bridgehead atoms. The summed E-state index contributed by atoms with van der Waals surface area (Å²) < 4.78 is 31.4. The number of pyridine rings is 1. The summed E-state index contributed by atoms with van der Waals surface area (Å²) in [5.74, 6) is 0.0162. The van der Waals surface area contributed by atoms with Gasteiger partial charge in [-0.2, -0.15) is 0 Å². The van der Waals surface area contributed by atoms with Gasteiger partial charge in [-0.25, -0.2) is 4.57 Å². The standard InChI is InChI=1S/C23H35N2O5P/c1-7-8-10-18-13-20(14-21(28-6)22(18)26)30-31(27,29-17(4)5)23(16(2)3)25-19-11-9-12-24-15-19/h9,11-17,23,25-26H,7-8,10H2,1-6H3. The van der Waals surface area contributed by atoms with Gasteiger partial charge in [0.1, 0.15) is 11.5 Å². The Hall–Kier alpha value is -2.24. The van der Waals surface area contributed by atoms with Gasteiger partial charge in [0.05, 0.1) is 18.9 Å². The fourth-order valence-electron chi connectivity index (χ4n) is 3.22. The van der Waals surface area contributed by atoms with E-state index in [2.05, 4.69) is 17.2 Å². The number of phenolic OH excluding ortho intramolecular Hbond substituents is 1. The van der Waals surface area contributed by atoms with Crippen molar-refractivity contribution in [3.05, 3.63) is 42.2 Å². The van der Waals surface area contributed by atoms with E-state index in [1.54, 1.807) is 30.6 Å². The number of benzene rings is 1. The van der Waals surface area contributed by atoms with Crippen molar-refractivity contribution in [3.8, 4) is 17.2 Å². The normalized spacial score (nSPS) is 14.3. The van der Waals surface area contributed by atoms with Crippen molar-refractivity contribution in [3.63, 3.8) is 0 Å². The zero-order valence-corrected chi connectivity index (χ0v) is 20.2. The average Bonchev–Trinajstić information content (AvgIpc) is 2.72. The molecule has 7 nitrogen and oxygen atoms in total. The molecule has 0 fully saturated rings. The summed E-state index contributed by atoms with van der Waals surface area (Å²) in [5, 5.41) is 13.8. The van der Waals surface area contributed by atoms with E-state index in [1.165, 1.54) is 7.11 Å². The van der Waals surface area contributed by atoms with Gasteiger partial charge in [-0.15, -0.1) is 0 Å². The van der Waals surface area contributed by atoms with Crippen LogP contribution in [0.25, 0.3) is 0 Å². The fraction of sp³-hybridized carbons (Fsp3) is 0.522. The topological polar surface area (TPSA) is 89.9 Å². The van der Waals surface area contributed by atoms with Crippen LogP contribution in [0.1, 0.15) is 53.0 Å². The number of aromatic nitrogens is 1. The van der Waals surface area contributed by atoms with Crippen LogP contribution in [0.5, 0.6) is 17.2 Å². The minimum Gasteiger partial charge on any atom is -0.504 e. The molecule has 1 aromatic heterocycles. The molecule has 8 heteroatoms. The Morgan fingerprint density at radius 2 is 1.97 bits per heavy atom. The molecule has 0 saturated heterocycles. The molecule has 0 aliphatic rings. The van der Waals surface area contributed by atoms with Crippen LogP contribution < -0.4 is 14.6 Å². The van der Waals surface area contributed by atoms with Crippen LogP contribution in [-0.2, 0) is 15.5 Å². The first-order valence-corrected chi connectivity index (χ1v) is 12.4. The first kappa shape index (κ1) is 25.0. The second-order valence-corrected chi connectivity index (χ2v) is 10.1. The average molecular weight is 451 g/mol. The summed E-state index contributed by atoms with van der Waals surface area (Å²) in [7, 11) is -2.22. The smallest absolute Gasteiger partial charge is 0.401 e. The molecule has 2 rings (SSSR count). The number of hydrogen-bond donors (Lipinski definition) is 2. The van der Waals surface area contributed by atoms with Crippen LogP contribution in [0, 0.1) is 5.92 Å². The second kappa shape index (κ2) is 11.4. The van der Waals surface area contributed by atoms with E-state index >= 15 is 0 Å². The number of hydrogen-bond acceptors (Lipinski definition) is 7. The molecule has 0 aliphatic carbocycles. The van der Waals surface area contributed by atoms with E-state index in [4.69, 9.17) is 13.8 Å². The highest BCUT2D eigenvalue weighted by molar-refractivity contribution is 7.55. The molecule has 0 radical (unpaired) electrons. The summed E-state index contributed by atoms with van der Waals surface area (Å²) in [6, 6.07) is 6.92. The molecule has 172 valence electrons. The predicted molar refractivity (Wildman–Crippen MR) is 124 cm³/mol. The van der Waals surface area contributed by atoms with Gasteiger partial charge < -0.3 is 19.7 Å². The van der Waals surface area contributed by atoms with Gasteiger partial charge in [-0.3, -0.25) is 9.51 Å². The maximum Gasteiger partial charge on any atom is 0.401 e. The monoisotopic (exact) mass is 450 g/mol. The number of nitrogens with zero attached hydrogens (tertiary/aromatic N) is 1. The van der Waals surface area contributed by atoms with E-state index < -0.39 is 13.4 Å². The molecule has 0 saturated carbocycles. The molecular weight excluding hydrogens is 415 g/mol. The number of unbranched alkanes of at least 4 members (excludes halogenated alkanes) is 1. The van der Waals surface area contributed by atoms with Crippen molar-refractivity contribution in [2.24, 2.45) is 5.92 Å². The highest BCUT2D eigenvalue weighted by atomic mass is 31.2. The highest BCUT2D eigenvalue weighted by Crippen LogP contribution is 2.57. The molecule has 2 aromatic rings. The highest BCUT2D eigenvalue weighted by Gasteiger charge is 2.41. The van der Waals surface area contributed by atoms with Gasteiger partial charge in [0.2, 0.25) is 0 Å². The molecular formula is C23H35N2O5P. The first-order valence-electron chi connectivity index (χ1n) is 10.7. The van der Waals surface area contributed by atoms with Gasteiger partial charge in [0, 0.05) is 24.0 Å². The van der Waals surface area contributed by atoms with Crippen LogP contribution in [0.15, 0.2) is 36.7 Å². The van der Waals surface area contributed by atoms with Crippen molar-refractivity contribution >= 4 is 13.3 Å². The Kier molecular flexibility index (Phi) is 9.20. The van der Waals surface area contributed by atoms with E-state index in [0.717, 1.165) is 18.5 Å². The lowest BCUT2D eigenvalue weighted by molar-refractivity contribution is 0.200. The largest absolute Gasteiger partial charge is 0.504 e. The van der Waals surface area contributed by atoms with Gasteiger partial charge in [-0.1, -0.05) is 27.2 Å². The molecule has 0 spiro atoms. The molecule has 2 atom stereocenters. The predicted octanol–water partition coefficient (Wildman–Crippen LogP) is 6.23. The van der Waals surface area contributed by atoms with Crippen molar-refractivity contribution < 1.29 is 23.5 Å². The fourth-order valence-corrected chi connectivity index (χ4v) is 5.53. The minimum atomic E-state index is -3.70.